The molecule has 2 aliphatic rings. The summed E-state index contributed by atoms with van der Waals surface area (Å²) in [6.07, 6.45) is -5.04. The Morgan fingerprint density at radius 2 is 1.67 bits per heavy atom. The topological polar surface area (TPSA) is 151 Å². The number of nitrogens with one attached hydrogen (secondary N) is 2. The quantitative estimate of drug-likeness (QED) is 0.285. The van der Waals surface area contributed by atoms with Crippen LogP contribution in [-0.4, -0.2) is 49.6 Å². The summed E-state index contributed by atoms with van der Waals surface area (Å²) in [7, 11) is -3.40. The van der Waals surface area contributed by atoms with Crippen LogP contribution < -0.4 is 14.9 Å². The molecule has 0 aromatic heterocycles. The molecule has 1 unspecified atom stereocenters. The van der Waals surface area contributed by atoms with Gasteiger partial charge in [0.1, 0.15) is 5.54 Å². The predicted octanol–water partition coefficient (Wildman–Crippen LogP) is 4.55. The van der Waals surface area contributed by atoms with Gasteiger partial charge in [-0.3, -0.25) is 19.7 Å². The molecule has 1 saturated carbocycles. The first-order chi connectivity index (χ1) is 21.2. The van der Waals surface area contributed by atoms with Crippen molar-refractivity contribution in [2.45, 2.75) is 54.9 Å². The molecule has 3 aromatic carbocycles. The van der Waals surface area contributed by atoms with Crippen LogP contribution in [0.3, 0.4) is 0 Å². The van der Waals surface area contributed by atoms with Gasteiger partial charge in [0, 0.05) is 24.2 Å². The maximum absolute atomic E-state index is 14.0. The standard InChI is InChI=1S/C30H28F3N5O6S/c1-37-22-13-7-6-12-21(22)25(19-10-4-2-5-11-19)34-26(27(37)39)35-28(40)29(16-8-3-9-17-29)36-45(43,44)24-15-14-20(30(31,32)33)18-23(24)38(41)42/h2,4-7,10-15,18,26,36H,3,8-9,16-17H2,1H3,(H,35,40). The number of nitro benzene ring substituents is 1. The molecule has 11 nitrogen and oxygen atoms in total. The molecule has 2 amide bonds. The number of carbonyl (C=O) groups excluding carboxylic acids is 2. The number of rotatable bonds is 7. The zero-order valence-electron chi connectivity index (χ0n) is 23.9. The third-order valence-electron chi connectivity index (χ3n) is 7.90. The van der Waals surface area contributed by atoms with E-state index in [4.69, 9.17) is 0 Å². The van der Waals surface area contributed by atoms with Crippen LogP contribution >= 0.6 is 0 Å². The zero-order valence-corrected chi connectivity index (χ0v) is 24.7. The van der Waals surface area contributed by atoms with Crippen LogP contribution in [0.5, 0.6) is 0 Å². The average Bonchev–Trinajstić information content (AvgIpc) is 3.11. The van der Waals surface area contributed by atoms with Crippen molar-refractivity contribution in [2.75, 3.05) is 11.9 Å². The molecule has 0 spiro atoms. The molecular formula is C30H28F3N5O6S. The highest BCUT2D eigenvalue weighted by molar-refractivity contribution is 7.89. The second kappa shape index (κ2) is 12.0. The summed E-state index contributed by atoms with van der Waals surface area (Å²) in [4.78, 5) is 43.0. The Bertz CT molecular complexity index is 1790. The van der Waals surface area contributed by atoms with Gasteiger partial charge in [0.2, 0.25) is 22.1 Å². The van der Waals surface area contributed by atoms with E-state index >= 15 is 0 Å². The van der Waals surface area contributed by atoms with E-state index in [1.807, 2.05) is 6.07 Å². The number of anilines is 1. The van der Waals surface area contributed by atoms with Gasteiger partial charge in [-0.25, -0.2) is 13.4 Å². The smallest absolute Gasteiger partial charge is 0.325 e. The number of sulfonamides is 1. The van der Waals surface area contributed by atoms with E-state index in [1.165, 1.54) is 11.9 Å². The van der Waals surface area contributed by atoms with Gasteiger partial charge in [0.15, 0.2) is 4.90 Å². The molecule has 1 atom stereocenters. The number of aliphatic imine (C=N–C) groups is 1. The fourth-order valence-corrected chi connectivity index (χ4v) is 7.19. The number of nitro groups is 1. The van der Waals surface area contributed by atoms with Gasteiger partial charge in [-0.05, 0) is 31.0 Å². The van der Waals surface area contributed by atoms with Crippen LogP contribution in [0.1, 0.15) is 48.8 Å². The van der Waals surface area contributed by atoms with Crippen LogP contribution in [-0.2, 0) is 25.8 Å². The van der Waals surface area contributed by atoms with Gasteiger partial charge >= 0.3 is 6.18 Å². The first kappa shape index (κ1) is 31.8. The van der Waals surface area contributed by atoms with Crippen molar-refractivity contribution >= 4 is 38.9 Å². The monoisotopic (exact) mass is 643 g/mol. The van der Waals surface area contributed by atoms with Crippen molar-refractivity contribution in [1.29, 1.82) is 0 Å². The van der Waals surface area contributed by atoms with E-state index in [2.05, 4.69) is 15.0 Å². The van der Waals surface area contributed by atoms with E-state index in [0.717, 1.165) is 0 Å². The molecule has 0 radical (unpaired) electrons. The van der Waals surface area contributed by atoms with E-state index in [9.17, 15) is 41.3 Å². The van der Waals surface area contributed by atoms with Crippen LogP contribution in [0.25, 0.3) is 0 Å². The molecular weight excluding hydrogens is 615 g/mol. The second-order valence-electron chi connectivity index (χ2n) is 10.8. The molecule has 45 heavy (non-hydrogen) atoms. The van der Waals surface area contributed by atoms with Crippen LogP contribution in [0.15, 0.2) is 82.7 Å². The highest BCUT2D eigenvalue weighted by atomic mass is 32.2. The van der Waals surface area contributed by atoms with Gasteiger partial charge in [-0.2, -0.15) is 17.9 Å². The fraction of sp³-hybridized carbons (Fsp3) is 0.300. The normalized spacial score (nSPS) is 18.4. The average molecular weight is 644 g/mol. The summed E-state index contributed by atoms with van der Waals surface area (Å²) in [5, 5.41) is 14.3. The van der Waals surface area contributed by atoms with E-state index in [-0.39, 0.29) is 18.9 Å². The molecule has 3 aromatic rings. The van der Waals surface area contributed by atoms with Crippen molar-refractivity contribution in [2.24, 2.45) is 4.99 Å². The number of para-hydroxylation sites is 1. The predicted molar refractivity (Wildman–Crippen MR) is 158 cm³/mol. The first-order valence-corrected chi connectivity index (χ1v) is 15.4. The highest BCUT2D eigenvalue weighted by Crippen LogP contribution is 2.37. The van der Waals surface area contributed by atoms with Crippen molar-refractivity contribution in [3.8, 4) is 0 Å². The van der Waals surface area contributed by atoms with Gasteiger partial charge < -0.3 is 10.2 Å². The molecule has 1 aliphatic carbocycles. The Hall–Kier alpha value is -4.63. The number of likely N-dealkylation sites (N-methyl/N-ethyl adjacent to an activating group) is 1. The summed E-state index contributed by atoms with van der Waals surface area (Å²) in [5.74, 6) is -1.50. The molecule has 15 heteroatoms. The molecule has 0 bridgehead atoms. The maximum Gasteiger partial charge on any atom is 0.416 e. The number of carbonyl (C=O) groups is 2. The number of hydrogen-bond donors (Lipinski definition) is 2. The molecule has 5 rings (SSSR count). The molecule has 1 fully saturated rings. The minimum Gasteiger partial charge on any atom is -0.325 e. The molecule has 1 aliphatic heterocycles. The number of fused-ring (bicyclic) bond motifs is 1. The number of amides is 2. The molecule has 2 N–H and O–H groups in total. The number of halogens is 3. The largest absolute Gasteiger partial charge is 0.416 e. The lowest BCUT2D eigenvalue weighted by Gasteiger charge is -2.37. The number of benzodiazepines with no additional fused rings is 1. The summed E-state index contributed by atoms with van der Waals surface area (Å²) < 4.78 is 69.2. The number of nitrogens with zero attached hydrogens (tertiary/aromatic N) is 3. The summed E-state index contributed by atoms with van der Waals surface area (Å²) >= 11 is 0. The highest BCUT2D eigenvalue weighted by Gasteiger charge is 2.46. The third kappa shape index (κ3) is 6.31. The van der Waals surface area contributed by atoms with Crippen LogP contribution in [0.4, 0.5) is 24.5 Å². The zero-order chi connectivity index (χ0) is 32.6. The summed E-state index contributed by atoms with van der Waals surface area (Å²) in [5.41, 5.74) is -2.33. The second-order valence-corrected chi connectivity index (χ2v) is 12.5. The van der Waals surface area contributed by atoms with Crippen molar-refractivity contribution < 1.29 is 36.1 Å². The van der Waals surface area contributed by atoms with Crippen molar-refractivity contribution in [1.82, 2.24) is 10.0 Å². The maximum atomic E-state index is 14.0. The van der Waals surface area contributed by atoms with E-state index in [0.29, 0.717) is 53.9 Å². The minimum atomic E-state index is -4.96. The van der Waals surface area contributed by atoms with Gasteiger partial charge in [-0.1, -0.05) is 67.8 Å². The SMILES string of the molecule is CN1C(=O)C(NC(=O)C2(NS(=O)(=O)c3ccc(C(F)(F)F)cc3[N+](=O)[O-])CCCCC2)N=C(c2ccccc2)c2ccccc21. The summed E-state index contributed by atoms with van der Waals surface area (Å²) in [6, 6.07) is 17.1. The Morgan fingerprint density at radius 1 is 1.02 bits per heavy atom. The first-order valence-electron chi connectivity index (χ1n) is 13.9. The lowest BCUT2D eigenvalue weighted by atomic mass is 9.82. The fourth-order valence-electron chi connectivity index (χ4n) is 5.61. The van der Waals surface area contributed by atoms with Gasteiger partial charge in [0.25, 0.3) is 11.6 Å². The molecule has 0 saturated heterocycles. The van der Waals surface area contributed by atoms with Gasteiger partial charge in [0.05, 0.1) is 21.9 Å². The Kier molecular flexibility index (Phi) is 8.51. The van der Waals surface area contributed by atoms with E-state index < -0.39 is 60.8 Å². The summed E-state index contributed by atoms with van der Waals surface area (Å²) in [6.45, 7) is 0. The Morgan fingerprint density at radius 3 is 2.31 bits per heavy atom. The lowest BCUT2D eigenvalue weighted by Crippen LogP contribution is -2.62. The molecule has 236 valence electrons. The number of benzene rings is 3. The van der Waals surface area contributed by atoms with Crippen molar-refractivity contribution in [3.63, 3.8) is 0 Å². The Balaban J connectivity index is 1.53. The Labute approximate surface area is 256 Å². The van der Waals surface area contributed by atoms with Crippen LogP contribution in [0.2, 0.25) is 0 Å². The number of alkyl halides is 3. The molecule has 1 heterocycles. The van der Waals surface area contributed by atoms with Gasteiger partial charge in [-0.15, -0.1) is 0 Å². The number of hydrogen-bond acceptors (Lipinski definition) is 7. The third-order valence-corrected chi connectivity index (χ3v) is 9.49. The van der Waals surface area contributed by atoms with Crippen molar-refractivity contribution in [3.05, 3.63) is 99.6 Å². The lowest BCUT2D eigenvalue weighted by molar-refractivity contribution is -0.388. The van der Waals surface area contributed by atoms with Crippen LogP contribution in [0, 0.1) is 10.1 Å². The van der Waals surface area contributed by atoms with E-state index in [1.54, 1.807) is 48.5 Å². The minimum absolute atomic E-state index is 0.0290.